The number of aromatic nitrogens is 2. The van der Waals surface area contributed by atoms with Gasteiger partial charge < -0.3 is 10.1 Å². The first-order chi connectivity index (χ1) is 7.77. The molecule has 16 heavy (non-hydrogen) atoms. The molecular weight excluding hydrogens is 202 g/mol. The average Bonchev–Trinajstić information content (AvgIpc) is 2.84. The van der Waals surface area contributed by atoms with Crippen LogP contribution in [0.25, 0.3) is 0 Å². The Morgan fingerprint density at radius 2 is 2.06 bits per heavy atom. The highest BCUT2D eigenvalue weighted by Crippen LogP contribution is 2.32. The molecule has 0 aromatic carbocycles. The van der Waals surface area contributed by atoms with Crippen molar-refractivity contribution in [2.75, 3.05) is 13.1 Å². The topological polar surface area (TPSA) is 49.9 Å². The molecule has 0 radical (unpaired) electrons. The molecule has 88 valence electrons. The fourth-order valence-corrected chi connectivity index (χ4v) is 2.66. The summed E-state index contributed by atoms with van der Waals surface area (Å²) in [6.07, 6.45) is 5.61. The average molecular weight is 221 g/mol. The second-order valence-electron chi connectivity index (χ2n) is 5.14. The van der Waals surface area contributed by atoms with Gasteiger partial charge in [0.05, 0.1) is 0 Å². The number of nitrogens with one attached hydrogen (secondary N) is 2. The summed E-state index contributed by atoms with van der Waals surface area (Å²) in [5, 5.41) is 10.8. The van der Waals surface area contributed by atoms with E-state index in [1.165, 1.54) is 17.7 Å². The summed E-state index contributed by atoms with van der Waals surface area (Å²) < 4.78 is 6.14. The maximum absolute atomic E-state index is 6.14. The summed E-state index contributed by atoms with van der Waals surface area (Å²) >= 11 is 0. The molecule has 2 heterocycles. The van der Waals surface area contributed by atoms with E-state index in [4.69, 9.17) is 4.74 Å². The fraction of sp³-hybridized carbons (Fsp3) is 0.750. The number of aryl methyl sites for hydroxylation is 1. The lowest BCUT2D eigenvalue weighted by atomic mass is 9.94. The molecule has 1 aromatic rings. The first-order valence-electron chi connectivity index (χ1n) is 6.23. The Labute approximate surface area is 95.8 Å². The zero-order valence-electron chi connectivity index (χ0n) is 9.81. The summed E-state index contributed by atoms with van der Waals surface area (Å²) in [5.41, 5.74) is 2.57. The maximum atomic E-state index is 6.14. The van der Waals surface area contributed by atoms with Crippen molar-refractivity contribution in [1.29, 1.82) is 0 Å². The molecule has 0 spiro atoms. The Balaban J connectivity index is 1.78. The third-order valence-corrected chi connectivity index (χ3v) is 3.77. The summed E-state index contributed by atoms with van der Waals surface area (Å²) in [7, 11) is 0. The Bertz CT molecular complexity index is 380. The number of hydrogen-bond donors (Lipinski definition) is 2. The molecule has 0 amide bonds. The van der Waals surface area contributed by atoms with E-state index in [1.807, 2.05) is 0 Å². The fourth-order valence-electron chi connectivity index (χ4n) is 2.66. The van der Waals surface area contributed by atoms with Gasteiger partial charge in [-0.05, 0) is 52.1 Å². The first kappa shape index (κ1) is 10.1. The molecule has 1 aliphatic carbocycles. The summed E-state index contributed by atoms with van der Waals surface area (Å²) in [6, 6.07) is 0. The van der Waals surface area contributed by atoms with Crippen LogP contribution in [0.1, 0.15) is 37.4 Å². The highest BCUT2D eigenvalue weighted by molar-refractivity contribution is 5.34. The molecule has 3 rings (SSSR count). The molecule has 1 saturated heterocycles. The monoisotopic (exact) mass is 221 g/mol. The van der Waals surface area contributed by atoms with E-state index in [2.05, 4.69) is 22.4 Å². The smallest absolute Gasteiger partial charge is 0.236 e. The van der Waals surface area contributed by atoms with Gasteiger partial charge in [-0.25, -0.2) is 0 Å². The Hall–Kier alpha value is -1.03. The van der Waals surface area contributed by atoms with Gasteiger partial charge in [-0.2, -0.15) is 0 Å². The van der Waals surface area contributed by atoms with Crippen molar-refractivity contribution in [3.05, 3.63) is 11.3 Å². The molecule has 0 bridgehead atoms. The van der Waals surface area contributed by atoms with Crippen molar-refractivity contribution in [1.82, 2.24) is 15.5 Å². The van der Waals surface area contributed by atoms with E-state index >= 15 is 0 Å². The standard InChI is InChI=1S/C12H19N3O/c1-12(5-7-13-8-6-12)16-11-9-3-2-4-10(9)14-15-11/h13H,2-8H2,1H3,(H,14,15). The van der Waals surface area contributed by atoms with Crippen molar-refractivity contribution < 1.29 is 4.74 Å². The van der Waals surface area contributed by atoms with Crippen LogP contribution >= 0.6 is 0 Å². The van der Waals surface area contributed by atoms with Gasteiger partial charge in [0.15, 0.2) is 0 Å². The predicted octanol–water partition coefficient (Wildman–Crippen LogP) is 1.42. The lowest BCUT2D eigenvalue weighted by Crippen LogP contribution is -2.44. The van der Waals surface area contributed by atoms with E-state index in [-0.39, 0.29) is 5.60 Å². The number of aromatic amines is 1. The number of rotatable bonds is 2. The van der Waals surface area contributed by atoms with E-state index in [9.17, 15) is 0 Å². The first-order valence-corrected chi connectivity index (χ1v) is 6.23. The predicted molar refractivity (Wildman–Crippen MR) is 61.7 cm³/mol. The van der Waals surface area contributed by atoms with Crippen LogP contribution in [0.5, 0.6) is 5.88 Å². The van der Waals surface area contributed by atoms with Crippen LogP contribution in [0.3, 0.4) is 0 Å². The molecular formula is C12H19N3O. The normalized spacial score (nSPS) is 23.1. The largest absolute Gasteiger partial charge is 0.470 e. The molecule has 1 fully saturated rings. The van der Waals surface area contributed by atoms with E-state index in [1.54, 1.807) is 0 Å². The molecule has 4 heteroatoms. The van der Waals surface area contributed by atoms with Crippen molar-refractivity contribution in [2.24, 2.45) is 0 Å². The van der Waals surface area contributed by atoms with Crippen molar-refractivity contribution in [3.8, 4) is 5.88 Å². The minimum atomic E-state index is -0.0309. The minimum Gasteiger partial charge on any atom is -0.470 e. The second kappa shape index (κ2) is 3.77. The van der Waals surface area contributed by atoms with Crippen LogP contribution < -0.4 is 10.1 Å². The molecule has 0 saturated carbocycles. The minimum absolute atomic E-state index is 0.0309. The maximum Gasteiger partial charge on any atom is 0.236 e. The molecule has 0 atom stereocenters. The zero-order valence-corrected chi connectivity index (χ0v) is 9.81. The number of nitrogens with zero attached hydrogens (tertiary/aromatic N) is 1. The molecule has 0 unspecified atom stereocenters. The number of piperidine rings is 1. The van der Waals surface area contributed by atoms with Crippen LogP contribution in [-0.4, -0.2) is 28.9 Å². The zero-order chi connectivity index (χ0) is 11.0. The van der Waals surface area contributed by atoms with Gasteiger partial charge in [-0.3, -0.25) is 5.10 Å². The van der Waals surface area contributed by atoms with E-state index < -0.39 is 0 Å². The number of fused-ring (bicyclic) bond motifs is 1. The third kappa shape index (κ3) is 1.71. The SMILES string of the molecule is CC1(Oc2n[nH]c3c2CCC3)CCNCC1. The van der Waals surface area contributed by atoms with Crippen molar-refractivity contribution >= 4 is 0 Å². The Morgan fingerprint density at radius 1 is 1.25 bits per heavy atom. The molecule has 2 N–H and O–H groups in total. The van der Waals surface area contributed by atoms with Gasteiger partial charge in [0.1, 0.15) is 5.60 Å². The second-order valence-corrected chi connectivity index (χ2v) is 5.14. The van der Waals surface area contributed by atoms with Gasteiger partial charge in [0.2, 0.25) is 5.88 Å². The van der Waals surface area contributed by atoms with Crippen LogP contribution in [0, 0.1) is 0 Å². The lowest BCUT2D eigenvalue weighted by molar-refractivity contribution is 0.0498. The van der Waals surface area contributed by atoms with E-state index in [0.29, 0.717) is 0 Å². The quantitative estimate of drug-likeness (QED) is 0.794. The Morgan fingerprint density at radius 3 is 2.88 bits per heavy atom. The van der Waals surface area contributed by atoms with Crippen LogP contribution in [-0.2, 0) is 12.8 Å². The van der Waals surface area contributed by atoms with Crippen LogP contribution in [0.15, 0.2) is 0 Å². The third-order valence-electron chi connectivity index (χ3n) is 3.77. The number of hydrogen-bond acceptors (Lipinski definition) is 3. The highest BCUT2D eigenvalue weighted by atomic mass is 16.5. The highest BCUT2D eigenvalue weighted by Gasteiger charge is 2.31. The Kier molecular flexibility index (Phi) is 2.39. The van der Waals surface area contributed by atoms with Gasteiger partial charge in [-0.1, -0.05) is 0 Å². The van der Waals surface area contributed by atoms with Crippen molar-refractivity contribution in [2.45, 2.75) is 44.6 Å². The van der Waals surface area contributed by atoms with Gasteiger partial charge >= 0.3 is 0 Å². The summed E-state index contributed by atoms with van der Waals surface area (Å²) in [6.45, 7) is 4.29. The van der Waals surface area contributed by atoms with Crippen LogP contribution in [0.4, 0.5) is 0 Å². The van der Waals surface area contributed by atoms with Gasteiger partial charge in [0, 0.05) is 11.3 Å². The van der Waals surface area contributed by atoms with E-state index in [0.717, 1.165) is 44.7 Å². The number of ether oxygens (including phenoxy) is 1. The molecule has 1 aliphatic heterocycles. The number of H-pyrrole nitrogens is 1. The molecule has 4 nitrogen and oxygen atoms in total. The van der Waals surface area contributed by atoms with Gasteiger partial charge in [-0.15, -0.1) is 5.10 Å². The van der Waals surface area contributed by atoms with Gasteiger partial charge in [0.25, 0.3) is 0 Å². The van der Waals surface area contributed by atoms with Crippen molar-refractivity contribution in [3.63, 3.8) is 0 Å². The lowest BCUT2D eigenvalue weighted by Gasteiger charge is -2.33. The van der Waals surface area contributed by atoms with Crippen LogP contribution in [0.2, 0.25) is 0 Å². The molecule has 1 aromatic heterocycles. The molecule has 2 aliphatic rings. The summed E-state index contributed by atoms with van der Waals surface area (Å²) in [5.74, 6) is 0.858. The summed E-state index contributed by atoms with van der Waals surface area (Å²) in [4.78, 5) is 0.